The minimum absolute atomic E-state index is 0.148. The molecule has 0 radical (unpaired) electrons. The van der Waals surface area contributed by atoms with E-state index >= 15 is 0 Å². The maximum atomic E-state index is 13.1. The maximum Gasteiger partial charge on any atom is 0.225 e. The number of hydrogen-bond donors (Lipinski definition) is 0. The van der Waals surface area contributed by atoms with Crippen LogP contribution in [0.15, 0.2) is 47.5 Å². The number of para-hydroxylation sites is 1. The van der Waals surface area contributed by atoms with Gasteiger partial charge in [0.1, 0.15) is 0 Å². The summed E-state index contributed by atoms with van der Waals surface area (Å²) in [5, 5.41) is 0.747. The van der Waals surface area contributed by atoms with Crippen molar-refractivity contribution in [2.24, 2.45) is 10.9 Å². The fraction of sp³-hybridized carbons (Fsp3) is 0.462. The molecule has 3 heterocycles. The summed E-state index contributed by atoms with van der Waals surface area (Å²) in [6, 6.07) is 14.5. The van der Waals surface area contributed by atoms with Crippen molar-refractivity contribution in [2.45, 2.75) is 25.7 Å². The Kier molecular flexibility index (Phi) is 6.20. The SMILES string of the molecule is CN1CCCN(C(=O)C2CCN(c3ccc(Cl)c(C4=Nc5ccccc5C4)c3)CC2)CC1. The molecule has 2 aromatic carbocycles. The summed E-state index contributed by atoms with van der Waals surface area (Å²) in [5.41, 5.74) is 5.53. The molecular formula is C26H31ClN4O. The van der Waals surface area contributed by atoms with Crippen LogP contribution in [0.3, 0.4) is 0 Å². The highest BCUT2D eigenvalue weighted by atomic mass is 35.5. The van der Waals surface area contributed by atoms with E-state index in [9.17, 15) is 4.79 Å². The minimum Gasteiger partial charge on any atom is -0.371 e. The molecule has 2 saturated heterocycles. The number of piperidine rings is 1. The molecule has 0 aromatic heterocycles. The summed E-state index contributed by atoms with van der Waals surface area (Å²) in [6.07, 6.45) is 3.72. The first-order valence-corrected chi connectivity index (χ1v) is 12.1. The van der Waals surface area contributed by atoms with Crippen LogP contribution in [0, 0.1) is 5.92 Å². The third-order valence-corrected chi connectivity index (χ3v) is 7.44. The van der Waals surface area contributed by atoms with Gasteiger partial charge in [-0.25, -0.2) is 0 Å². The van der Waals surface area contributed by atoms with Gasteiger partial charge in [0.05, 0.1) is 11.4 Å². The standard InChI is InChI=1S/C26H31ClN4O/c1-29-11-4-12-31(16-15-29)26(32)19-9-13-30(14-10-19)21-7-8-23(27)22(18-21)25-17-20-5-2-3-6-24(20)28-25/h2-3,5-8,18-19H,4,9-17H2,1H3. The quantitative estimate of drug-likeness (QED) is 0.695. The van der Waals surface area contributed by atoms with E-state index < -0.39 is 0 Å². The number of carbonyl (C=O) groups excluding carboxylic acids is 1. The molecule has 5 nitrogen and oxygen atoms in total. The van der Waals surface area contributed by atoms with Gasteiger partial charge in [0.25, 0.3) is 0 Å². The number of likely N-dealkylation sites (N-methyl/N-ethyl adjacent to an activating group) is 1. The van der Waals surface area contributed by atoms with Gasteiger partial charge >= 0.3 is 0 Å². The lowest BCUT2D eigenvalue weighted by atomic mass is 9.94. The number of benzene rings is 2. The fourth-order valence-electron chi connectivity index (χ4n) is 5.13. The lowest BCUT2D eigenvalue weighted by molar-refractivity contribution is -0.136. The molecule has 168 valence electrons. The Labute approximate surface area is 195 Å². The van der Waals surface area contributed by atoms with Crippen LogP contribution in [-0.4, -0.2) is 67.7 Å². The third kappa shape index (κ3) is 4.41. The number of hydrogen-bond acceptors (Lipinski definition) is 4. The van der Waals surface area contributed by atoms with Crippen LogP contribution in [0.1, 0.15) is 30.4 Å². The fourth-order valence-corrected chi connectivity index (χ4v) is 5.36. The van der Waals surface area contributed by atoms with Crippen molar-refractivity contribution in [3.63, 3.8) is 0 Å². The average Bonchev–Trinajstić information content (AvgIpc) is 3.13. The lowest BCUT2D eigenvalue weighted by Gasteiger charge is -2.35. The maximum absolute atomic E-state index is 13.1. The van der Waals surface area contributed by atoms with Crippen LogP contribution in [-0.2, 0) is 11.2 Å². The molecule has 6 heteroatoms. The van der Waals surface area contributed by atoms with Crippen LogP contribution in [0.5, 0.6) is 0 Å². The Morgan fingerprint density at radius 1 is 1.00 bits per heavy atom. The molecule has 0 saturated carbocycles. The second-order valence-corrected chi connectivity index (χ2v) is 9.68. The van der Waals surface area contributed by atoms with E-state index in [1.807, 2.05) is 12.1 Å². The molecule has 3 aliphatic heterocycles. The van der Waals surface area contributed by atoms with E-state index in [1.54, 1.807) is 0 Å². The molecule has 1 amide bonds. The second kappa shape index (κ2) is 9.24. The first-order chi connectivity index (χ1) is 15.6. The van der Waals surface area contributed by atoms with Crippen molar-refractivity contribution < 1.29 is 4.79 Å². The summed E-state index contributed by atoms with van der Waals surface area (Å²) >= 11 is 6.58. The molecule has 0 aliphatic carbocycles. The number of carbonyl (C=O) groups is 1. The van der Waals surface area contributed by atoms with Crippen LogP contribution in [0.25, 0.3) is 0 Å². The van der Waals surface area contributed by atoms with Gasteiger partial charge in [0.15, 0.2) is 0 Å². The smallest absolute Gasteiger partial charge is 0.225 e. The summed E-state index contributed by atoms with van der Waals surface area (Å²) < 4.78 is 0. The van der Waals surface area contributed by atoms with Crippen LogP contribution < -0.4 is 4.90 Å². The van der Waals surface area contributed by atoms with E-state index in [-0.39, 0.29) is 5.92 Å². The van der Waals surface area contributed by atoms with Gasteiger partial charge in [-0.15, -0.1) is 0 Å². The van der Waals surface area contributed by atoms with Crippen molar-refractivity contribution >= 4 is 34.6 Å². The largest absolute Gasteiger partial charge is 0.371 e. The molecule has 32 heavy (non-hydrogen) atoms. The van der Waals surface area contributed by atoms with Crippen LogP contribution in [0.2, 0.25) is 5.02 Å². The van der Waals surface area contributed by atoms with Crippen LogP contribution in [0.4, 0.5) is 11.4 Å². The van der Waals surface area contributed by atoms with E-state index in [0.29, 0.717) is 5.91 Å². The minimum atomic E-state index is 0.148. The Morgan fingerprint density at radius 3 is 2.62 bits per heavy atom. The van der Waals surface area contributed by atoms with Gasteiger partial charge in [-0.2, -0.15) is 0 Å². The van der Waals surface area contributed by atoms with Crippen molar-refractivity contribution in [1.29, 1.82) is 0 Å². The zero-order valence-corrected chi connectivity index (χ0v) is 19.5. The molecule has 0 spiro atoms. The molecular weight excluding hydrogens is 420 g/mol. The Balaban J connectivity index is 1.25. The molecule has 5 rings (SSSR count). The number of nitrogens with zero attached hydrogens (tertiary/aromatic N) is 4. The van der Waals surface area contributed by atoms with Crippen molar-refractivity contribution in [2.75, 3.05) is 51.2 Å². The molecule has 0 N–H and O–H groups in total. The predicted molar refractivity (Wildman–Crippen MR) is 131 cm³/mol. The summed E-state index contributed by atoms with van der Waals surface area (Å²) in [6.45, 7) is 5.62. The third-order valence-electron chi connectivity index (χ3n) is 7.11. The molecule has 2 fully saturated rings. The average molecular weight is 451 g/mol. The van der Waals surface area contributed by atoms with Gasteiger partial charge < -0.3 is 14.7 Å². The Hall–Kier alpha value is -2.37. The highest BCUT2D eigenvalue weighted by Crippen LogP contribution is 2.33. The number of halogens is 1. The number of aliphatic imine (C=N–C) groups is 1. The monoisotopic (exact) mass is 450 g/mol. The molecule has 3 aliphatic rings. The van der Waals surface area contributed by atoms with Gasteiger partial charge in [-0.1, -0.05) is 29.8 Å². The molecule has 0 unspecified atom stereocenters. The highest BCUT2D eigenvalue weighted by molar-refractivity contribution is 6.34. The number of anilines is 1. The normalized spacial score (nSPS) is 20.1. The van der Waals surface area contributed by atoms with Gasteiger partial charge in [-0.3, -0.25) is 9.79 Å². The van der Waals surface area contributed by atoms with E-state index in [1.165, 1.54) is 11.3 Å². The van der Waals surface area contributed by atoms with E-state index in [2.05, 4.69) is 52.1 Å². The van der Waals surface area contributed by atoms with E-state index in [0.717, 1.165) is 86.9 Å². The summed E-state index contributed by atoms with van der Waals surface area (Å²) in [5.74, 6) is 0.505. The predicted octanol–water partition coefficient (Wildman–Crippen LogP) is 4.40. The number of amides is 1. The number of rotatable bonds is 3. The molecule has 2 aromatic rings. The number of fused-ring (bicyclic) bond motifs is 1. The van der Waals surface area contributed by atoms with E-state index in [4.69, 9.17) is 16.6 Å². The zero-order chi connectivity index (χ0) is 22.1. The lowest BCUT2D eigenvalue weighted by Crippen LogP contribution is -2.43. The zero-order valence-electron chi connectivity index (χ0n) is 18.8. The van der Waals surface area contributed by atoms with Gasteiger partial charge in [0.2, 0.25) is 5.91 Å². The first kappa shape index (κ1) is 21.5. The van der Waals surface area contributed by atoms with Crippen LogP contribution >= 0.6 is 11.6 Å². The highest BCUT2D eigenvalue weighted by Gasteiger charge is 2.30. The second-order valence-electron chi connectivity index (χ2n) is 9.27. The van der Waals surface area contributed by atoms with Gasteiger partial charge in [-0.05, 0) is 62.7 Å². The topological polar surface area (TPSA) is 39.1 Å². The summed E-state index contributed by atoms with van der Waals surface area (Å²) in [4.78, 5) is 24.7. The van der Waals surface area contributed by atoms with Crippen molar-refractivity contribution in [1.82, 2.24) is 9.80 Å². The Bertz CT molecular complexity index is 1030. The summed E-state index contributed by atoms with van der Waals surface area (Å²) in [7, 11) is 2.14. The molecule has 0 bridgehead atoms. The van der Waals surface area contributed by atoms with Crippen molar-refractivity contribution in [3.8, 4) is 0 Å². The van der Waals surface area contributed by atoms with Crippen molar-refractivity contribution in [3.05, 3.63) is 58.6 Å². The molecule has 0 atom stereocenters. The van der Waals surface area contributed by atoms with Gasteiger partial charge in [0, 0.05) is 61.3 Å². The Morgan fingerprint density at radius 2 is 1.81 bits per heavy atom. The first-order valence-electron chi connectivity index (χ1n) is 11.8.